The molecule has 1 atom stereocenters. The predicted molar refractivity (Wildman–Crippen MR) is 108 cm³/mol. The van der Waals surface area contributed by atoms with E-state index in [-0.39, 0.29) is 11.3 Å². The first kappa shape index (κ1) is 17.0. The molecule has 0 amide bonds. The van der Waals surface area contributed by atoms with Crippen molar-refractivity contribution >= 4 is 23.2 Å². The Hall–Kier alpha value is -3.12. The van der Waals surface area contributed by atoms with E-state index in [0.29, 0.717) is 21.3 Å². The summed E-state index contributed by atoms with van der Waals surface area (Å²) < 4.78 is 2.28. The standard InChI is InChI=1S/C22H17N3O2S/c26-17-10-4-9-16-19(17)20(15-7-2-1-3-8-15)25-21(27)18(28-22(25)24-16)12-14-6-5-11-23-13-14/h1-3,5-8,11-13,20H,4,9-10H2. The molecule has 1 unspecified atom stereocenters. The summed E-state index contributed by atoms with van der Waals surface area (Å²) in [6.07, 6.45) is 7.37. The lowest BCUT2D eigenvalue weighted by Gasteiger charge is -2.28. The summed E-state index contributed by atoms with van der Waals surface area (Å²) >= 11 is 1.37. The van der Waals surface area contributed by atoms with Crippen LogP contribution in [-0.4, -0.2) is 15.3 Å². The first-order valence-electron chi connectivity index (χ1n) is 9.25. The van der Waals surface area contributed by atoms with E-state index in [0.717, 1.165) is 29.7 Å². The minimum atomic E-state index is -0.406. The van der Waals surface area contributed by atoms with Crippen LogP contribution in [0.5, 0.6) is 0 Å². The number of nitrogens with zero attached hydrogens (tertiary/aromatic N) is 3. The second-order valence-corrected chi connectivity index (χ2v) is 7.93. The maximum atomic E-state index is 13.3. The number of fused-ring (bicyclic) bond motifs is 1. The van der Waals surface area contributed by atoms with Gasteiger partial charge in [0, 0.05) is 24.4 Å². The summed E-state index contributed by atoms with van der Waals surface area (Å²) in [5.74, 6) is 0.0976. The van der Waals surface area contributed by atoms with Crippen molar-refractivity contribution in [3.8, 4) is 0 Å². The van der Waals surface area contributed by atoms with E-state index in [2.05, 4.69) is 4.98 Å². The predicted octanol–water partition coefficient (Wildman–Crippen LogP) is 2.36. The fraction of sp³-hybridized carbons (Fsp3) is 0.182. The number of Topliss-reactive ketones (excluding diaryl/α,β-unsaturated/α-hetero) is 1. The molecular formula is C22H17N3O2S. The Balaban J connectivity index is 1.78. The van der Waals surface area contributed by atoms with E-state index < -0.39 is 6.04 Å². The highest BCUT2D eigenvalue weighted by atomic mass is 32.1. The molecule has 1 aromatic carbocycles. The molecular weight excluding hydrogens is 370 g/mol. The lowest BCUT2D eigenvalue weighted by atomic mass is 9.86. The van der Waals surface area contributed by atoms with E-state index in [4.69, 9.17) is 4.99 Å². The van der Waals surface area contributed by atoms with Crippen LogP contribution in [-0.2, 0) is 4.79 Å². The third-order valence-electron chi connectivity index (χ3n) is 5.13. The summed E-state index contributed by atoms with van der Waals surface area (Å²) in [4.78, 5) is 35.6. The molecule has 1 aliphatic heterocycles. The normalized spacial score (nSPS) is 19.2. The van der Waals surface area contributed by atoms with E-state index in [1.807, 2.05) is 48.5 Å². The zero-order valence-corrected chi connectivity index (χ0v) is 15.9. The first-order valence-corrected chi connectivity index (χ1v) is 10.1. The van der Waals surface area contributed by atoms with Gasteiger partial charge in [-0.3, -0.25) is 19.1 Å². The van der Waals surface area contributed by atoms with Gasteiger partial charge < -0.3 is 0 Å². The van der Waals surface area contributed by atoms with Crippen molar-refractivity contribution in [3.63, 3.8) is 0 Å². The molecule has 0 bridgehead atoms. The van der Waals surface area contributed by atoms with Crippen LogP contribution in [0.25, 0.3) is 6.08 Å². The van der Waals surface area contributed by atoms with Crippen LogP contribution in [0.4, 0.5) is 0 Å². The zero-order valence-electron chi connectivity index (χ0n) is 15.0. The number of pyridine rings is 1. The van der Waals surface area contributed by atoms with Crippen LogP contribution >= 0.6 is 11.3 Å². The van der Waals surface area contributed by atoms with Gasteiger partial charge in [-0.2, -0.15) is 0 Å². The number of aromatic nitrogens is 2. The maximum absolute atomic E-state index is 13.3. The molecule has 0 radical (unpaired) electrons. The monoisotopic (exact) mass is 387 g/mol. The zero-order chi connectivity index (χ0) is 19.1. The quantitative estimate of drug-likeness (QED) is 0.678. The topological polar surface area (TPSA) is 64.3 Å². The number of hydrogen-bond donors (Lipinski definition) is 0. The molecule has 2 aliphatic rings. The lowest BCUT2D eigenvalue weighted by molar-refractivity contribution is -0.116. The van der Waals surface area contributed by atoms with Gasteiger partial charge in [0.05, 0.1) is 16.3 Å². The highest BCUT2D eigenvalue weighted by Gasteiger charge is 2.34. The Morgan fingerprint density at radius 1 is 1.07 bits per heavy atom. The van der Waals surface area contributed by atoms with Crippen molar-refractivity contribution < 1.29 is 4.79 Å². The molecule has 138 valence electrons. The summed E-state index contributed by atoms with van der Waals surface area (Å²) in [5.41, 5.74) is 3.20. The number of ketones is 1. The molecule has 5 rings (SSSR count). The highest BCUT2D eigenvalue weighted by molar-refractivity contribution is 7.07. The van der Waals surface area contributed by atoms with Crippen LogP contribution in [0, 0.1) is 0 Å². The number of hydrogen-bond acceptors (Lipinski definition) is 5. The highest BCUT2D eigenvalue weighted by Crippen LogP contribution is 2.35. The van der Waals surface area contributed by atoms with Crippen molar-refractivity contribution in [2.24, 2.45) is 4.99 Å². The number of carbonyl (C=O) groups excluding carboxylic acids is 1. The fourth-order valence-corrected chi connectivity index (χ4v) is 4.89. The first-order chi connectivity index (χ1) is 13.7. The van der Waals surface area contributed by atoms with Crippen LogP contribution in [0.1, 0.15) is 36.4 Å². The molecule has 5 nitrogen and oxygen atoms in total. The van der Waals surface area contributed by atoms with E-state index in [9.17, 15) is 9.59 Å². The van der Waals surface area contributed by atoms with Crippen LogP contribution < -0.4 is 14.9 Å². The summed E-state index contributed by atoms with van der Waals surface area (Å²) in [6, 6.07) is 13.1. The third-order valence-corrected chi connectivity index (χ3v) is 6.11. The van der Waals surface area contributed by atoms with Gasteiger partial charge in [0.15, 0.2) is 10.6 Å². The molecule has 1 aliphatic carbocycles. The molecule has 28 heavy (non-hydrogen) atoms. The molecule has 0 saturated heterocycles. The van der Waals surface area contributed by atoms with E-state index in [1.165, 1.54) is 11.3 Å². The van der Waals surface area contributed by atoms with E-state index >= 15 is 0 Å². The average molecular weight is 387 g/mol. The number of carbonyl (C=O) groups is 1. The van der Waals surface area contributed by atoms with Crippen LogP contribution in [0.15, 0.2) is 75.9 Å². The Bertz CT molecular complexity index is 1270. The summed E-state index contributed by atoms with van der Waals surface area (Å²) in [6.45, 7) is 0. The smallest absolute Gasteiger partial charge is 0.271 e. The second-order valence-electron chi connectivity index (χ2n) is 6.92. The Morgan fingerprint density at radius 3 is 2.71 bits per heavy atom. The minimum Gasteiger partial charge on any atom is -0.294 e. The van der Waals surface area contributed by atoms with Crippen molar-refractivity contribution in [1.29, 1.82) is 0 Å². The summed E-state index contributed by atoms with van der Waals surface area (Å²) in [5, 5.41) is 0. The van der Waals surface area contributed by atoms with Crippen molar-refractivity contribution in [2.75, 3.05) is 0 Å². The molecule has 0 N–H and O–H groups in total. The van der Waals surface area contributed by atoms with E-state index in [1.54, 1.807) is 17.0 Å². The van der Waals surface area contributed by atoms with Gasteiger partial charge in [-0.15, -0.1) is 0 Å². The number of rotatable bonds is 2. The fourth-order valence-electron chi connectivity index (χ4n) is 3.87. The van der Waals surface area contributed by atoms with Crippen molar-refractivity contribution in [1.82, 2.24) is 9.55 Å². The van der Waals surface area contributed by atoms with Gasteiger partial charge in [-0.1, -0.05) is 47.7 Å². The average Bonchev–Trinajstić information content (AvgIpc) is 3.03. The number of allylic oxidation sites excluding steroid dienone is 2. The molecule has 0 fully saturated rings. The van der Waals surface area contributed by atoms with Gasteiger partial charge in [0.1, 0.15) is 0 Å². The van der Waals surface area contributed by atoms with Gasteiger partial charge >= 0.3 is 0 Å². The van der Waals surface area contributed by atoms with Crippen LogP contribution in [0.2, 0.25) is 0 Å². The molecule has 0 saturated carbocycles. The maximum Gasteiger partial charge on any atom is 0.271 e. The minimum absolute atomic E-state index is 0.0976. The van der Waals surface area contributed by atoms with Gasteiger partial charge in [-0.25, -0.2) is 4.99 Å². The lowest BCUT2D eigenvalue weighted by Crippen LogP contribution is -2.40. The molecule has 2 aromatic heterocycles. The molecule has 3 heterocycles. The number of thiazole rings is 1. The Morgan fingerprint density at radius 2 is 1.93 bits per heavy atom. The summed E-state index contributed by atoms with van der Waals surface area (Å²) in [7, 11) is 0. The second kappa shape index (κ2) is 6.80. The van der Waals surface area contributed by atoms with Crippen molar-refractivity contribution in [3.05, 3.63) is 96.9 Å². The van der Waals surface area contributed by atoms with Crippen molar-refractivity contribution in [2.45, 2.75) is 25.3 Å². The van der Waals surface area contributed by atoms with Gasteiger partial charge in [0.25, 0.3) is 5.56 Å². The number of benzene rings is 1. The molecule has 6 heteroatoms. The molecule has 3 aromatic rings. The van der Waals surface area contributed by atoms with Crippen LogP contribution in [0.3, 0.4) is 0 Å². The van der Waals surface area contributed by atoms with Gasteiger partial charge in [-0.05, 0) is 36.1 Å². The largest absolute Gasteiger partial charge is 0.294 e. The SMILES string of the molecule is O=C1CCCC2=C1C(c1ccccc1)n1c(sc(=Cc3cccnc3)c1=O)=N2. The Kier molecular flexibility index (Phi) is 4.13. The third kappa shape index (κ3) is 2.77. The molecule has 0 spiro atoms. The van der Waals surface area contributed by atoms with Gasteiger partial charge in [0.2, 0.25) is 0 Å². The Labute approximate surface area is 165 Å².